The largest absolute Gasteiger partial charge is 0.269 e. The first-order valence-corrected chi connectivity index (χ1v) is 7.53. The van der Waals surface area contributed by atoms with Gasteiger partial charge >= 0.3 is 0 Å². The summed E-state index contributed by atoms with van der Waals surface area (Å²) in [5, 5.41) is 18.2. The molecule has 3 rings (SSSR count). The van der Waals surface area contributed by atoms with Gasteiger partial charge in [-0.1, -0.05) is 18.2 Å². The van der Waals surface area contributed by atoms with Crippen LogP contribution in [0.3, 0.4) is 0 Å². The summed E-state index contributed by atoms with van der Waals surface area (Å²) in [6, 6.07) is 16.2. The first-order chi connectivity index (χ1) is 10.7. The van der Waals surface area contributed by atoms with E-state index in [1.54, 1.807) is 12.1 Å². The predicted molar refractivity (Wildman–Crippen MR) is 81.3 cm³/mol. The molecule has 22 heavy (non-hydrogen) atoms. The van der Waals surface area contributed by atoms with Crippen LogP contribution in [0.2, 0.25) is 0 Å². The Bertz CT molecular complexity index is 801. The standard InChI is InChI=1S/C14H11N5O2S/c20-19(21)12-6-8-14(9-7-12)22(13-4-2-1-3-5-13)17-18-10-15-16-11-18/h1-11H. The third-order valence-electron chi connectivity index (χ3n) is 2.82. The molecule has 0 aliphatic heterocycles. The molecule has 0 saturated heterocycles. The lowest BCUT2D eigenvalue weighted by Crippen LogP contribution is -1.97. The number of rotatable bonds is 4. The second-order valence-electron chi connectivity index (χ2n) is 4.27. The van der Waals surface area contributed by atoms with Crippen LogP contribution in [0.25, 0.3) is 0 Å². The summed E-state index contributed by atoms with van der Waals surface area (Å²) >= 11 is 0. The van der Waals surface area contributed by atoms with Gasteiger partial charge in [0, 0.05) is 21.9 Å². The maximum Gasteiger partial charge on any atom is 0.269 e. The fourth-order valence-corrected chi connectivity index (χ4v) is 3.35. The van der Waals surface area contributed by atoms with Crippen LogP contribution in [0.5, 0.6) is 0 Å². The zero-order valence-electron chi connectivity index (χ0n) is 11.3. The third kappa shape index (κ3) is 3.07. The number of hydrogen-bond donors (Lipinski definition) is 0. The van der Waals surface area contributed by atoms with Crippen molar-refractivity contribution in [3.05, 3.63) is 77.4 Å². The summed E-state index contributed by atoms with van der Waals surface area (Å²) in [5.41, 5.74) is 0.0599. The van der Waals surface area contributed by atoms with Crippen molar-refractivity contribution < 1.29 is 4.92 Å². The smallest absolute Gasteiger partial charge is 0.258 e. The van der Waals surface area contributed by atoms with Gasteiger partial charge in [0.1, 0.15) is 12.7 Å². The third-order valence-corrected chi connectivity index (χ3v) is 4.61. The van der Waals surface area contributed by atoms with Crippen LogP contribution < -0.4 is 0 Å². The fraction of sp³-hybridized carbons (Fsp3) is 0. The van der Waals surface area contributed by atoms with Crippen molar-refractivity contribution in [2.45, 2.75) is 9.79 Å². The maximum absolute atomic E-state index is 10.8. The van der Waals surface area contributed by atoms with E-state index in [9.17, 15) is 10.1 Å². The van der Waals surface area contributed by atoms with Crippen molar-refractivity contribution in [2.75, 3.05) is 0 Å². The average molecular weight is 313 g/mol. The predicted octanol–water partition coefficient (Wildman–Crippen LogP) is 2.87. The normalized spacial score (nSPS) is 12.2. The average Bonchev–Trinajstić information content (AvgIpc) is 3.07. The summed E-state index contributed by atoms with van der Waals surface area (Å²) in [4.78, 5) is 12.2. The van der Waals surface area contributed by atoms with Crippen molar-refractivity contribution in [3.8, 4) is 0 Å². The Kier molecular flexibility index (Phi) is 4.01. The number of benzene rings is 2. The molecule has 8 heteroatoms. The molecule has 0 spiro atoms. The molecule has 1 aromatic heterocycles. The number of aromatic nitrogens is 3. The zero-order chi connectivity index (χ0) is 15.4. The van der Waals surface area contributed by atoms with Crippen LogP contribution in [0, 0.1) is 10.1 Å². The minimum absolute atomic E-state index is 0.0599. The molecule has 3 aromatic rings. The van der Waals surface area contributed by atoms with E-state index in [2.05, 4.69) is 14.7 Å². The van der Waals surface area contributed by atoms with Crippen molar-refractivity contribution in [3.63, 3.8) is 0 Å². The van der Waals surface area contributed by atoms with Gasteiger partial charge in [0.15, 0.2) is 0 Å². The van der Waals surface area contributed by atoms with Crippen LogP contribution >= 0.6 is 0 Å². The molecule has 1 unspecified atom stereocenters. The lowest BCUT2D eigenvalue weighted by atomic mass is 10.3. The van der Waals surface area contributed by atoms with Gasteiger partial charge in [0.2, 0.25) is 0 Å². The second-order valence-corrected chi connectivity index (χ2v) is 5.95. The summed E-state index contributed by atoms with van der Waals surface area (Å²) < 4.78 is 6.12. The first-order valence-electron chi connectivity index (χ1n) is 6.34. The van der Waals surface area contributed by atoms with Gasteiger partial charge in [-0.3, -0.25) is 10.1 Å². The van der Waals surface area contributed by atoms with Gasteiger partial charge in [-0.2, -0.15) is 0 Å². The molecule has 1 heterocycles. The highest BCUT2D eigenvalue weighted by Crippen LogP contribution is 2.21. The number of nitro benzene ring substituents is 1. The van der Waals surface area contributed by atoms with Gasteiger partial charge in [-0.05, 0) is 35.0 Å². The van der Waals surface area contributed by atoms with Gasteiger partial charge in [0.25, 0.3) is 5.69 Å². The summed E-state index contributed by atoms with van der Waals surface area (Å²) in [7, 11) is -0.617. The summed E-state index contributed by atoms with van der Waals surface area (Å²) in [6.07, 6.45) is 3.02. The van der Waals surface area contributed by atoms with E-state index in [0.717, 1.165) is 9.79 Å². The summed E-state index contributed by atoms with van der Waals surface area (Å²) in [5.74, 6) is 0. The van der Waals surface area contributed by atoms with Crippen molar-refractivity contribution in [1.82, 2.24) is 14.9 Å². The van der Waals surface area contributed by atoms with E-state index in [0.29, 0.717) is 0 Å². The van der Waals surface area contributed by atoms with Crippen molar-refractivity contribution in [1.29, 1.82) is 0 Å². The lowest BCUT2D eigenvalue weighted by Gasteiger charge is -2.08. The molecule has 0 amide bonds. The molecule has 1 atom stereocenters. The molecule has 110 valence electrons. The van der Waals surface area contributed by atoms with Gasteiger partial charge in [-0.25, -0.2) is 4.68 Å². The van der Waals surface area contributed by atoms with E-state index < -0.39 is 15.6 Å². The van der Waals surface area contributed by atoms with Crippen LogP contribution in [0.15, 0.2) is 81.5 Å². The van der Waals surface area contributed by atoms with Gasteiger partial charge < -0.3 is 0 Å². The zero-order valence-corrected chi connectivity index (χ0v) is 12.1. The number of nitrogens with zero attached hydrogens (tertiary/aromatic N) is 5. The highest BCUT2D eigenvalue weighted by Gasteiger charge is 2.09. The van der Waals surface area contributed by atoms with E-state index in [-0.39, 0.29) is 5.69 Å². The minimum atomic E-state index is -0.617. The van der Waals surface area contributed by atoms with Crippen LogP contribution in [-0.2, 0) is 10.7 Å². The monoisotopic (exact) mass is 313 g/mol. The van der Waals surface area contributed by atoms with Crippen LogP contribution in [-0.4, -0.2) is 19.8 Å². The number of hydrogen-bond acceptors (Lipinski definition) is 5. The van der Waals surface area contributed by atoms with Gasteiger partial charge in [0.05, 0.1) is 4.92 Å². The molecule has 0 radical (unpaired) electrons. The molecular formula is C14H11N5O2S. The van der Waals surface area contributed by atoms with Gasteiger partial charge in [-0.15, -0.1) is 14.7 Å². The lowest BCUT2D eigenvalue weighted by molar-refractivity contribution is -0.384. The summed E-state index contributed by atoms with van der Waals surface area (Å²) in [6.45, 7) is 0. The van der Waals surface area contributed by atoms with E-state index in [1.807, 2.05) is 30.3 Å². The number of non-ortho nitro benzene ring substituents is 1. The molecule has 0 aliphatic carbocycles. The van der Waals surface area contributed by atoms with Crippen LogP contribution in [0.1, 0.15) is 0 Å². The quantitative estimate of drug-likeness (QED) is 0.547. The van der Waals surface area contributed by atoms with Crippen molar-refractivity contribution in [2.24, 2.45) is 4.47 Å². The second kappa shape index (κ2) is 6.27. The maximum atomic E-state index is 10.8. The molecule has 0 fully saturated rings. The Morgan fingerprint density at radius 1 is 0.955 bits per heavy atom. The Labute approximate surface area is 128 Å². The van der Waals surface area contributed by atoms with E-state index >= 15 is 0 Å². The molecule has 0 aliphatic rings. The number of nitro groups is 1. The van der Waals surface area contributed by atoms with Crippen LogP contribution in [0.4, 0.5) is 5.69 Å². The molecule has 0 N–H and O–H groups in total. The molecule has 0 bridgehead atoms. The van der Waals surface area contributed by atoms with E-state index in [1.165, 1.54) is 29.5 Å². The fourth-order valence-electron chi connectivity index (χ4n) is 1.81. The highest BCUT2D eigenvalue weighted by atomic mass is 32.2. The molecular weight excluding hydrogens is 302 g/mol. The Morgan fingerprint density at radius 3 is 2.14 bits per heavy atom. The van der Waals surface area contributed by atoms with E-state index in [4.69, 9.17) is 0 Å². The molecule has 7 nitrogen and oxygen atoms in total. The van der Waals surface area contributed by atoms with Crippen molar-refractivity contribution >= 4 is 16.4 Å². The molecule has 2 aromatic carbocycles. The molecule has 0 saturated carbocycles. The Balaban J connectivity index is 2.08. The Morgan fingerprint density at radius 2 is 1.55 bits per heavy atom. The first kappa shape index (κ1) is 14.1. The minimum Gasteiger partial charge on any atom is -0.258 e. The topological polar surface area (TPSA) is 86.2 Å². The SMILES string of the molecule is O=[N+]([O-])c1ccc(/S(=N/n2cnnc2)c2ccccc2)cc1. The Hall–Kier alpha value is -2.87. The highest BCUT2D eigenvalue weighted by molar-refractivity contribution is 7.87.